The summed E-state index contributed by atoms with van der Waals surface area (Å²) in [6.45, 7) is 1.67. The Labute approximate surface area is 153 Å². The third kappa shape index (κ3) is 4.31. The van der Waals surface area contributed by atoms with Crippen LogP contribution in [0.3, 0.4) is 0 Å². The lowest BCUT2D eigenvalue weighted by Crippen LogP contribution is -2.33. The van der Waals surface area contributed by atoms with Crippen molar-refractivity contribution >= 4 is 28.3 Å². The van der Waals surface area contributed by atoms with Crippen molar-refractivity contribution in [3.05, 3.63) is 70.9 Å². The molecule has 2 N–H and O–H groups in total. The third-order valence-corrected chi connectivity index (χ3v) is 4.43. The first kappa shape index (κ1) is 17.8. The van der Waals surface area contributed by atoms with Gasteiger partial charge in [-0.2, -0.15) is 0 Å². The molecule has 0 atom stereocenters. The molecule has 0 radical (unpaired) electrons. The topological polar surface area (TPSA) is 71.1 Å². The van der Waals surface area contributed by atoms with Crippen LogP contribution in [-0.4, -0.2) is 23.3 Å². The minimum atomic E-state index is -0.382. The van der Waals surface area contributed by atoms with E-state index in [1.165, 1.54) is 23.5 Å². The number of amides is 2. The SMILES string of the molecule is Cc1ccccc1C(=O)NCC(=O)Nc1nc(-c2cccc(F)c2)cs1. The monoisotopic (exact) mass is 369 g/mol. The van der Waals surface area contributed by atoms with Crippen LogP contribution in [-0.2, 0) is 4.79 Å². The summed E-state index contributed by atoms with van der Waals surface area (Å²) in [5, 5.41) is 7.33. The number of carbonyl (C=O) groups is 2. The number of anilines is 1. The molecule has 7 heteroatoms. The quantitative estimate of drug-likeness (QED) is 0.721. The first-order chi connectivity index (χ1) is 12.5. The van der Waals surface area contributed by atoms with Crippen molar-refractivity contribution in [3.63, 3.8) is 0 Å². The van der Waals surface area contributed by atoms with E-state index in [1.807, 2.05) is 19.1 Å². The van der Waals surface area contributed by atoms with Gasteiger partial charge in [-0.25, -0.2) is 9.37 Å². The zero-order chi connectivity index (χ0) is 18.5. The molecule has 0 spiro atoms. The van der Waals surface area contributed by atoms with E-state index >= 15 is 0 Å². The number of carbonyl (C=O) groups excluding carboxylic acids is 2. The first-order valence-electron chi connectivity index (χ1n) is 7.88. The Bertz CT molecular complexity index is 955. The molecule has 0 bridgehead atoms. The summed E-state index contributed by atoms with van der Waals surface area (Å²) >= 11 is 1.23. The highest BCUT2D eigenvalue weighted by atomic mass is 32.1. The molecule has 3 aromatic rings. The lowest BCUT2D eigenvalue weighted by atomic mass is 10.1. The molecule has 0 saturated carbocycles. The van der Waals surface area contributed by atoms with Crippen molar-refractivity contribution in [2.75, 3.05) is 11.9 Å². The molecule has 3 rings (SSSR count). The van der Waals surface area contributed by atoms with Crippen molar-refractivity contribution in [2.45, 2.75) is 6.92 Å². The molecule has 26 heavy (non-hydrogen) atoms. The van der Waals surface area contributed by atoms with Crippen LogP contribution in [0, 0.1) is 12.7 Å². The van der Waals surface area contributed by atoms with E-state index in [2.05, 4.69) is 15.6 Å². The maximum atomic E-state index is 13.3. The fourth-order valence-corrected chi connectivity index (χ4v) is 3.09. The molecule has 0 unspecified atom stereocenters. The van der Waals surface area contributed by atoms with Crippen LogP contribution in [0.2, 0.25) is 0 Å². The minimum absolute atomic E-state index is 0.165. The molecule has 2 aromatic carbocycles. The van der Waals surface area contributed by atoms with Gasteiger partial charge in [0.25, 0.3) is 5.91 Å². The van der Waals surface area contributed by atoms with Crippen molar-refractivity contribution < 1.29 is 14.0 Å². The predicted octanol–water partition coefficient (Wildman–Crippen LogP) is 3.63. The van der Waals surface area contributed by atoms with Gasteiger partial charge in [-0.3, -0.25) is 9.59 Å². The summed E-state index contributed by atoms with van der Waals surface area (Å²) in [4.78, 5) is 28.4. The highest BCUT2D eigenvalue weighted by molar-refractivity contribution is 7.14. The van der Waals surface area contributed by atoms with E-state index in [0.717, 1.165) is 5.56 Å². The molecule has 0 aliphatic heterocycles. The van der Waals surface area contributed by atoms with Gasteiger partial charge in [-0.05, 0) is 30.7 Å². The van der Waals surface area contributed by atoms with Crippen LogP contribution in [0.25, 0.3) is 11.3 Å². The highest BCUT2D eigenvalue weighted by Crippen LogP contribution is 2.25. The summed E-state index contributed by atoms with van der Waals surface area (Å²) in [5.74, 6) is -1.04. The second-order valence-electron chi connectivity index (χ2n) is 5.59. The van der Waals surface area contributed by atoms with E-state index in [4.69, 9.17) is 0 Å². The van der Waals surface area contributed by atoms with Crippen LogP contribution >= 0.6 is 11.3 Å². The normalized spacial score (nSPS) is 10.4. The number of rotatable bonds is 5. The number of hydrogen-bond donors (Lipinski definition) is 2. The lowest BCUT2D eigenvalue weighted by Gasteiger charge is -2.07. The fraction of sp³-hybridized carbons (Fsp3) is 0.105. The maximum absolute atomic E-state index is 13.3. The molecule has 0 fully saturated rings. The average molecular weight is 369 g/mol. The summed E-state index contributed by atoms with van der Waals surface area (Å²) in [7, 11) is 0. The number of aryl methyl sites for hydroxylation is 1. The van der Waals surface area contributed by atoms with Gasteiger partial charge >= 0.3 is 0 Å². The van der Waals surface area contributed by atoms with Crippen molar-refractivity contribution in [1.29, 1.82) is 0 Å². The predicted molar refractivity (Wildman–Crippen MR) is 99.6 cm³/mol. The van der Waals surface area contributed by atoms with E-state index < -0.39 is 0 Å². The largest absolute Gasteiger partial charge is 0.343 e. The highest BCUT2D eigenvalue weighted by Gasteiger charge is 2.12. The van der Waals surface area contributed by atoms with Crippen LogP contribution < -0.4 is 10.6 Å². The molecule has 1 aromatic heterocycles. The number of benzene rings is 2. The molecule has 5 nitrogen and oxygen atoms in total. The van der Waals surface area contributed by atoms with Gasteiger partial charge in [-0.1, -0.05) is 30.3 Å². The van der Waals surface area contributed by atoms with E-state index in [-0.39, 0.29) is 24.2 Å². The number of halogens is 1. The zero-order valence-electron chi connectivity index (χ0n) is 14.0. The summed E-state index contributed by atoms with van der Waals surface area (Å²) < 4.78 is 13.3. The zero-order valence-corrected chi connectivity index (χ0v) is 14.8. The van der Waals surface area contributed by atoms with Crippen LogP contribution in [0.5, 0.6) is 0 Å². The Morgan fingerprint density at radius 1 is 1.15 bits per heavy atom. The van der Waals surface area contributed by atoms with Gasteiger partial charge < -0.3 is 10.6 Å². The van der Waals surface area contributed by atoms with E-state index in [0.29, 0.717) is 22.0 Å². The summed E-state index contributed by atoms with van der Waals surface area (Å²) in [6.07, 6.45) is 0. The molecule has 0 aliphatic rings. The maximum Gasteiger partial charge on any atom is 0.251 e. The smallest absolute Gasteiger partial charge is 0.251 e. The van der Waals surface area contributed by atoms with Crippen LogP contribution in [0.4, 0.5) is 9.52 Å². The Morgan fingerprint density at radius 3 is 2.73 bits per heavy atom. The molecular formula is C19H16FN3O2S. The average Bonchev–Trinajstić information content (AvgIpc) is 3.08. The first-order valence-corrected chi connectivity index (χ1v) is 8.76. The van der Waals surface area contributed by atoms with Gasteiger partial charge in [0.05, 0.1) is 12.2 Å². The van der Waals surface area contributed by atoms with Gasteiger partial charge in [-0.15, -0.1) is 11.3 Å². The molecule has 132 valence electrons. The fourth-order valence-electron chi connectivity index (χ4n) is 2.36. The number of thiazole rings is 1. The molecule has 2 amide bonds. The Hall–Kier alpha value is -3.06. The van der Waals surface area contributed by atoms with Crippen LogP contribution in [0.15, 0.2) is 53.9 Å². The Balaban J connectivity index is 1.57. The third-order valence-electron chi connectivity index (χ3n) is 3.67. The second kappa shape index (κ2) is 7.88. The van der Waals surface area contributed by atoms with Gasteiger partial charge in [0.1, 0.15) is 5.82 Å². The standard InChI is InChI=1S/C19H16FN3O2S/c1-12-5-2-3-8-15(12)18(25)21-10-17(24)23-19-22-16(11-26-19)13-6-4-7-14(20)9-13/h2-9,11H,10H2,1H3,(H,21,25)(H,22,23,24). The van der Waals surface area contributed by atoms with Crippen molar-refractivity contribution in [3.8, 4) is 11.3 Å². The van der Waals surface area contributed by atoms with Gasteiger partial charge in [0.2, 0.25) is 5.91 Å². The van der Waals surface area contributed by atoms with Crippen molar-refractivity contribution in [2.24, 2.45) is 0 Å². The van der Waals surface area contributed by atoms with Crippen LogP contribution in [0.1, 0.15) is 15.9 Å². The number of hydrogen-bond acceptors (Lipinski definition) is 4. The minimum Gasteiger partial charge on any atom is -0.343 e. The number of nitrogens with zero attached hydrogens (tertiary/aromatic N) is 1. The summed E-state index contributed by atoms with van der Waals surface area (Å²) in [6, 6.07) is 13.2. The summed E-state index contributed by atoms with van der Waals surface area (Å²) in [5.41, 5.74) is 2.58. The van der Waals surface area contributed by atoms with E-state index in [9.17, 15) is 14.0 Å². The second-order valence-corrected chi connectivity index (χ2v) is 6.45. The molecule has 0 saturated heterocycles. The molecular weight excluding hydrogens is 353 g/mol. The Morgan fingerprint density at radius 2 is 1.96 bits per heavy atom. The van der Waals surface area contributed by atoms with E-state index in [1.54, 1.807) is 29.6 Å². The number of aromatic nitrogens is 1. The molecule has 0 aliphatic carbocycles. The Kier molecular flexibility index (Phi) is 5.38. The van der Waals surface area contributed by atoms with Gasteiger partial charge in [0, 0.05) is 16.5 Å². The van der Waals surface area contributed by atoms with Gasteiger partial charge in [0.15, 0.2) is 5.13 Å². The van der Waals surface area contributed by atoms with Crippen molar-refractivity contribution in [1.82, 2.24) is 10.3 Å². The number of nitrogens with one attached hydrogen (secondary N) is 2. The molecule has 1 heterocycles. The lowest BCUT2D eigenvalue weighted by molar-refractivity contribution is -0.115.